The molecule has 1 aromatic heterocycles. The third-order valence-electron chi connectivity index (χ3n) is 4.69. The number of halogens is 1. The molecule has 5 nitrogen and oxygen atoms in total. The summed E-state index contributed by atoms with van der Waals surface area (Å²) in [4.78, 5) is 14.4. The zero-order valence-electron chi connectivity index (χ0n) is 13.7. The fraction of sp³-hybridized carbons (Fsp3) is 0.389. The number of ether oxygens (including phenoxy) is 1. The molecule has 0 saturated carbocycles. The molecular formula is C18H20ClNO4. The molecule has 6 heteroatoms. The summed E-state index contributed by atoms with van der Waals surface area (Å²) in [6.45, 7) is 2.32. The number of nitrogens with zero attached hydrogens (tertiary/aromatic N) is 1. The summed E-state index contributed by atoms with van der Waals surface area (Å²) in [5, 5.41) is 11.2. The lowest BCUT2D eigenvalue weighted by Gasteiger charge is -2.37. The first-order chi connectivity index (χ1) is 11.4. The van der Waals surface area contributed by atoms with Crippen molar-refractivity contribution in [2.75, 3.05) is 13.7 Å². The molecule has 0 unspecified atom stereocenters. The van der Waals surface area contributed by atoms with Crippen molar-refractivity contribution < 1.29 is 19.1 Å². The van der Waals surface area contributed by atoms with Gasteiger partial charge in [0.1, 0.15) is 11.4 Å². The third kappa shape index (κ3) is 2.89. The lowest BCUT2D eigenvalue weighted by atomic mass is 9.86. The average Bonchev–Trinajstić information content (AvgIpc) is 3.23. The average molecular weight is 350 g/mol. The molecule has 2 atom stereocenters. The maximum Gasteiger partial charge on any atom is 0.259 e. The molecule has 1 saturated heterocycles. The summed E-state index contributed by atoms with van der Waals surface area (Å²) in [5.74, 6) is 0.504. The number of rotatable bonds is 4. The van der Waals surface area contributed by atoms with Crippen molar-refractivity contribution in [2.24, 2.45) is 0 Å². The standard InChI is InChI=1S/C18H20ClNO4/c1-18(22,12-5-7-13(23-2)8-6-12)15-4-3-10-20(15)17(21)14-9-11-24-16(14)19/h5-9,11,15,22H,3-4,10H2,1-2H3/t15-,18-/m0/s1. The molecule has 0 spiro atoms. The minimum atomic E-state index is -1.17. The Morgan fingerprint density at radius 1 is 1.38 bits per heavy atom. The number of aliphatic hydroxyl groups is 1. The van der Waals surface area contributed by atoms with Gasteiger partial charge >= 0.3 is 0 Å². The molecule has 0 radical (unpaired) electrons. The van der Waals surface area contributed by atoms with Gasteiger partial charge in [-0.2, -0.15) is 0 Å². The largest absolute Gasteiger partial charge is 0.497 e. The molecule has 128 valence electrons. The normalized spacial score (nSPS) is 20.0. The van der Waals surface area contributed by atoms with E-state index in [1.54, 1.807) is 37.1 Å². The second-order valence-electron chi connectivity index (χ2n) is 6.14. The summed E-state index contributed by atoms with van der Waals surface area (Å²) in [6, 6.07) is 8.48. The van der Waals surface area contributed by atoms with E-state index in [1.807, 2.05) is 12.1 Å². The summed E-state index contributed by atoms with van der Waals surface area (Å²) >= 11 is 5.93. The number of furan rings is 1. The maximum atomic E-state index is 12.8. The summed E-state index contributed by atoms with van der Waals surface area (Å²) in [7, 11) is 1.60. The Morgan fingerprint density at radius 2 is 2.08 bits per heavy atom. The molecule has 0 aliphatic carbocycles. The van der Waals surface area contributed by atoms with Gasteiger partial charge in [-0.25, -0.2) is 0 Å². The van der Waals surface area contributed by atoms with Gasteiger partial charge in [0.15, 0.2) is 0 Å². The molecule has 2 aromatic rings. The summed E-state index contributed by atoms with van der Waals surface area (Å²) in [5.41, 5.74) is -0.102. The van der Waals surface area contributed by atoms with E-state index in [2.05, 4.69) is 0 Å². The monoisotopic (exact) mass is 349 g/mol. The first-order valence-corrected chi connectivity index (χ1v) is 8.24. The van der Waals surface area contributed by atoms with Crippen molar-refractivity contribution in [1.82, 2.24) is 4.90 Å². The van der Waals surface area contributed by atoms with Crippen LogP contribution in [0.15, 0.2) is 41.0 Å². The quantitative estimate of drug-likeness (QED) is 0.918. The van der Waals surface area contributed by atoms with E-state index < -0.39 is 5.60 Å². The van der Waals surface area contributed by atoms with Crippen LogP contribution in [0.2, 0.25) is 5.22 Å². The molecule has 1 aliphatic rings. The number of carbonyl (C=O) groups excluding carboxylic acids is 1. The first-order valence-electron chi connectivity index (χ1n) is 7.86. The van der Waals surface area contributed by atoms with Gasteiger partial charge in [0.2, 0.25) is 5.22 Å². The first kappa shape index (κ1) is 16.9. The lowest BCUT2D eigenvalue weighted by molar-refractivity contribution is -0.0177. The second-order valence-corrected chi connectivity index (χ2v) is 6.48. The molecule has 1 amide bonds. The van der Waals surface area contributed by atoms with Crippen molar-refractivity contribution in [1.29, 1.82) is 0 Å². The Hall–Kier alpha value is -1.98. The zero-order valence-corrected chi connectivity index (χ0v) is 14.4. The summed E-state index contributed by atoms with van der Waals surface area (Å²) in [6.07, 6.45) is 2.95. The maximum absolute atomic E-state index is 12.8. The second kappa shape index (κ2) is 6.49. The predicted molar refractivity (Wildman–Crippen MR) is 90.3 cm³/mol. The van der Waals surface area contributed by atoms with E-state index in [4.69, 9.17) is 20.8 Å². The van der Waals surface area contributed by atoms with Crippen LogP contribution in [0.3, 0.4) is 0 Å². The highest BCUT2D eigenvalue weighted by Gasteiger charge is 2.43. The van der Waals surface area contributed by atoms with Gasteiger partial charge in [0, 0.05) is 6.54 Å². The van der Waals surface area contributed by atoms with E-state index in [9.17, 15) is 9.90 Å². The van der Waals surface area contributed by atoms with Crippen molar-refractivity contribution in [3.63, 3.8) is 0 Å². The van der Waals surface area contributed by atoms with E-state index >= 15 is 0 Å². The van der Waals surface area contributed by atoms with Gasteiger partial charge < -0.3 is 19.2 Å². The topological polar surface area (TPSA) is 62.9 Å². The Labute approximate surface area is 145 Å². The van der Waals surface area contributed by atoms with Crippen LogP contribution < -0.4 is 4.74 Å². The molecule has 1 N–H and O–H groups in total. The highest BCUT2D eigenvalue weighted by atomic mass is 35.5. The van der Waals surface area contributed by atoms with Crippen LogP contribution in [-0.4, -0.2) is 35.6 Å². The molecule has 1 aromatic carbocycles. The Balaban J connectivity index is 1.88. The van der Waals surface area contributed by atoms with Crippen LogP contribution in [0.1, 0.15) is 35.7 Å². The Morgan fingerprint density at radius 3 is 2.67 bits per heavy atom. The SMILES string of the molecule is COc1ccc([C@](C)(O)[C@@H]2CCCN2C(=O)c2ccoc2Cl)cc1. The van der Waals surface area contributed by atoms with Crippen molar-refractivity contribution >= 4 is 17.5 Å². The van der Waals surface area contributed by atoms with Gasteiger partial charge in [0.25, 0.3) is 5.91 Å². The molecular weight excluding hydrogens is 330 g/mol. The Kier molecular flexibility index (Phi) is 4.56. The summed E-state index contributed by atoms with van der Waals surface area (Å²) < 4.78 is 10.2. The van der Waals surface area contributed by atoms with E-state index in [-0.39, 0.29) is 17.2 Å². The van der Waals surface area contributed by atoms with E-state index in [1.165, 1.54) is 6.26 Å². The number of hydrogen-bond acceptors (Lipinski definition) is 4. The number of methoxy groups -OCH3 is 1. The predicted octanol–water partition coefficient (Wildman–Crippen LogP) is 3.45. The van der Waals surface area contributed by atoms with Gasteiger partial charge in [0.05, 0.1) is 25.0 Å². The van der Waals surface area contributed by atoms with Crippen LogP contribution in [-0.2, 0) is 5.60 Å². The number of carbonyl (C=O) groups is 1. The van der Waals surface area contributed by atoms with E-state index in [0.717, 1.165) is 24.2 Å². The van der Waals surface area contributed by atoms with Crippen LogP contribution in [0.4, 0.5) is 0 Å². The van der Waals surface area contributed by atoms with E-state index in [0.29, 0.717) is 12.1 Å². The van der Waals surface area contributed by atoms with Crippen molar-refractivity contribution in [3.8, 4) is 5.75 Å². The molecule has 0 bridgehead atoms. The smallest absolute Gasteiger partial charge is 0.259 e. The molecule has 3 rings (SSSR count). The number of amides is 1. The molecule has 1 aliphatic heterocycles. The highest BCUT2D eigenvalue weighted by molar-refractivity contribution is 6.32. The number of hydrogen-bond donors (Lipinski definition) is 1. The zero-order chi connectivity index (χ0) is 17.3. The molecule has 1 fully saturated rings. The van der Waals surface area contributed by atoms with Gasteiger partial charge in [-0.3, -0.25) is 4.79 Å². The lowest BCUT2D eigenvalue weighted by Crippen LogP contribution is -2.48. The van der Waals surface area contributed by atoms with Crippen LogP contribution in [0.5, 0.6) is 5.75 Å². The minimum Gasteiger partial charge on any atom is -0.497 e. The fourth-order valence-corrected chi connectivity index (χ4v) is 3.51. The molecule has 24 heavy (non-hydrogen) atoms. The van der Waals surface area contributed by atoms with Gasteiger partial charge in [-0.1, -0.05) is 12.1 Å². The fourth-order valence-electron chi connectivity index (χ4n) is 3.32. The van der Waals surface area contributed by atoms with Crippen molar-refractivity contribution in [2.45, 2.75) is 31.4 Å². The molecule has 2 heterocycles. The van der Waals surface area contributed by atoms with Gasteiger partial charge in [-0.15, -0.1) is 0 Å². The number of likely N-dealkylation sites (tertiary alicyclic amines) is 1. The highest BCUT2D eigenvalue weighted by Crippen LogP contribution is 2.36. The van der Waals surface area contributed by atoms with Crippen LogP contribution >= 0.6 is 11.6 Å². The number of benzene rings is 1. The minimum absolute atomic E-state index is 0.0785. The van der Waals surface area contributed by atoms with Gasteiger partial charge in [-0.05, 0) is 55.1 Å². The van der Waals surface area contributed by atoms with Crippen LogP contribution in [0, 0.1) is 0 Å². The van der Waals surface area contributed by atoms with Crippen molar-refractivity contribution in [3.05, 3.63) is 52.9 Å². The Bertz CT molecular complexity index is 723. The third-order valence-corrected chi connectivity index (χ3v) is 4.98. The van der Waals surface area contributed by atoms with Crippen LogP contribution in [0.25, 0.3) is 0 Å².